The molecule has 6 heteroatoms. The van der Waals surface area contributed by atoms with Crippen molar-refractivity contribution in [2.24, 2.45) is 5.84 Å². The zero-order valence-corrected chi connectivity index (χ0v) is 11.0. The average Bonchev–Trinajstić information content (AvgIpc) is 2.56. The van der Waals surface area contributed by atoms with Crippen LogP contribution in [-0.2, 0) is 6.54 Å². The van der Waals surface area contributed by atoms with E-state index in [2.05, 4.69) is 38.3 Å². The minimum Gasteiger partial charge on any atom is -0.307 e. The summed E-state index contributed by atoms with van der Waals surface area (Å²) < 4.78 is 2.94. The third-order valence-corrected chi connectivity index (χ3v) is 2.82. The average molecular weight is 276 g/mol. The predicted octanol–water partition coefficient (Wildman–Crippen LogP) is 0.732. The molecule has 3 N–H and O–H groups in total. The number of hydrogen-bond acceptors (Lipinski definition) is 4. The van der Waals surface area contributed by atoms with Crippen LogP contribution in [0, 0.1) is 0 Å². The standard InChI is InChI=1S/C9H18BrN5/c1-4-15-9(7(10)5-12-15)8(13-11)6-14(2)3/h5,8,13H,4,6,11H2,1-3H3. The lowest BCUT2D eigenvalue weighted by Gasteiger charge is -2.21. The highest BCUT2D eigenvalue weighted by molar-refractivity contribution is 9.10. The molecule has 1 unspecified atom stereocenters. The van der Waals surface area contributed by atoms with Gasteiger partial charge in [0.2, 0.25) is 0 Å². The molecule has 15 heavy (non-hydrogen) atoms. The van der Waals surface area contributed by atoms with E-state index in [-0.39, 0.29) is 6.04 Å². The minimum absolute atomic E-state index is 0.0804. The summed E-state index contributed by atoms with van der Waals surface area (Å²) in [6.07, 6.45) is 1.80. The molecule has 1 aromatic heterocycles. The van der Waals surface area contributed by atoms with Crippen LogP contribution in [0.15, 0.2) is 10.7 Å². The Balaban J connectivity index is 2.94. The number of nitrogens with two attached hydrogens (primary N) is 1. The molecule has 5 nitrogen and oxygen atoms in total. The van der Waals surface area contributed by atoms with Gasteiger partial charge in [0.15, 0.2) is 0 Å². The first-order valence-electron chi connectivity index (χ1n) is 4.92. The number of aromatic nitrogens is 2. The van der Waals surface area contributed by atoms with Gasteiger partial charge in [-0.1, -0.05) is 0 Å². The summed E-state index contributed by atoms with van der Waals surface area (Å²) in [4.78, 5) is 2.09. The van der Waals surface area contributed by atoms with Crippen molar-refractivity contribution >= 4 is 15.9 Å². The summed E-state index contributed by atoms with van der Waals surface area (Å²) in [7, 11) is 4.04. The van der Waals surface area contributed by atoms with Crippen molar-refractivity contribution in [3.63, 3.8) is 0 Å². The molecule has 0 amide bonds. The molecule has 0 aromatic carbocycles. The minimum atomic E-state index is 0.0804. The van der Waals surface area contributed by atoms with Gasteiger partial charge in [0, 0.05) is 13.1 Å². The Labute approximate surface area is 98.7 Å². The van der Waals surface area contributed by atoms with Crippen molar-refractivity contribution < 1.29 is 0 Å². The number of hydrogen-bond donors (Lipinski definition) is 2. The van der Waals surface area contributed by atoms with Crippen molar-refractivity contribution in [3.05, 3.63) is 16.4 Å². The highest BCUT2D eigenvalue weighted by Crippen LogP contribution is 2.23. The van der Waals surface area contributed by atoms with Gasteiger partial charge < -0.3 is 4.90 Å². The Morgan fingerprint density at radius 2 is 2.33 bits per heavy atom. The van der Waals surface area contributed by atoms with E-state index in [1.54, 1.807) is 6.20 Å². The molecule has 0 aliphatic heterocycles. The highest BCUT2D eigenvalue weighted by atomic mass is 79.9. The fourth-order valence-electron chi connectivity index (χ4n) is 1.55. The van der Waals surface area contributed by atoms with Crippen LogP contribution in [0.2, 0.25) is 0 Å². The lowest BCUT2D eigenvalue weighted by Crippen LogP contribution is -2.37. The maximum absolute atomic E-state index is 5.57. The van der Waals surface area contributed by atoms with Gasteiger partial charge >= 0.3 is 0 Å². The summed E-state index contributed by atoms with van der Waals surface area (Å²) in [5.74, 6) is 5.57. The van der Waals surface area contributed by atoms with Crippen molar-refractivity contribution in [1.29, 1.82) is 0 Å². The van der Waals surface area contributed by atoms with E-state index in [4.69, 9.17) is 5.84 Å². The summed E-state index contributed by atoms with van der Waals surface area (Å²) in [6, 6.07) is 0.0804. The van der Waals surface area contributed by atoms with Gasteiger partial charge in [0.1, 0.15) is 0 Å². The van der Waals surface area contributed by atoms with Crippen LogP contribution in [0.5, 0.6) is 0 Å². The molecule has 86 valence electrons. The second-order valence-electron chi connectivity index (χ2n) is 3.68. The van der Waals surface area contributed by atoms with E-state index in [1.165, 1.54) is 0 Å². The van der Waals surface area contributed by atoms with E-state index in [9.17, 15) is 0 Å². The number of halogens is 1. The lowest BCUT2D eigenvalue weighted by molar-refractivity contribution is 0.332. The molecule has 1 heterocycles. The number of nitrogens with one attached hydrogen (secondary N) is 1. The first kappa shape index (κ1) is 12.6. The molecular formula is C9H18BrN5. The van der Waals surface area contributed by atoms with Gasteiger partial charge in [-0.3, -0.25) is 16.0 Å². The fourth-order valence-corrected chi connectivity index (χ4v) is 2.13. The molecular weight excluding hydrogens is 258 g/mol. The van der Waals surface area contributed by atoms with E-state index >= 15 is 0 Å². The van der Waals surface area contributed by atoms with Gasteiger partial charge in [-0.25, -0.2) is 0 Å². The Kier molecular flexibility index (Phi) is 4.72. The van der Waals surface area contributed by atoms with Crippen LogP contribution in [0.3, 0.4) is 0 Å². The normalized spacial score (nSPS) is 13.5. The molecule has 0 saturated carbocycles. The molecule has 1 atom stereocenters. The second-order valence-corrected chi connectivity index (χ2v) is 4.53. The van der Waals surface area contributed by atoms with E-state index in [1.807, 2.05) is 18.8 Å². The highest BCUT2D eigenvalue weighted by Gasteiger charge is 2.18. The molecule has 0 bridgehead atoms. The summed E-state index contributed by atoms with van der Waals surface area (Å²) in [5, 5.41) is 4.27. The van der Waals surface area contributed by atoms with Gasteiger partial charge in [-0.2, -0.15) is 5.10 Å². The van der Waals surface area contributed by atoms with Crippen LogP contribution in [0.1, 0.15) is 18.7 Å². The summed E-state index contributed by atoms with van der Waals surface area (Å²) in [6.45, 7) is 3.74. The second kappa shape index (κ2) is 5.60. The number of aryl methyl sites for hydroxylation is 1. The number of nitrogens with zero attached hydrogens (tertiary/aromatic N) is 3. The van der Waals surface area contributed by atoms with Crippen molar-refractivity contribution in [2.45, 2.75) is 19.5 Å². The van der Waals surface area contributed by atoms with Gasteiger partial charge in [0.05, 0.1) is 22.4 Å². The molecule has 1 aromatic rings. The van der Waals surface area contributed by atoms with Crippen molar-refractivity contribution in [2.75, 3.05) is 20.6 Å². The topological polar surface area (TPSA) is 59.1 Å². The maximum Gasteiger partial charge on any atom is 0.0767 e. The van der Waals surface area contributed by atoms with Gasteiger partial charge in [-0.05, 0) is 36.9 Å². The smallest absolute Gasteiger partial charge is 0.0767 e. The van der Waals surface area contributed by atoms with Crippen LogP contribution in [-0.4, -0.2) is 35.3 Å². The first-order chi connectivity index (χ1) is 7.10. The predicted molar refractivity (Wildman–Crippen MR) is 64.2 cm³/mol. The summed E-state index contributed by atoms with van der Waals surface area (Å²) >= 11 is 3.49. The Morgan fingerprint density at radius 3 is 2.80 bits per heavy atom. The van der Waals surface area contributed by atoms with Crippen LogP contribution >= 0.6 is 15.9 Å². The van der Waals surface area contributed by atoms with Crippen LogP contribution in [0.4, 0.5) is 0 Å². The SMILES string of the molecule is CCn1ncc(Br)c1C(CN(C)C)NN. The maximum atomic E-state index is 5.57. The van der Waals surface area contributed by atoms with Crippen LogP contribution < -0.4 is 11.3 Å². The zero-order valence-electron chi connectivity index (χ0n) is 9.37. The number of rotatable bonds is 5. The lowest BCUT2D eigenvalue weighted by atomic mass is 10.2. The molecule has 0 aliphatic carbocycles. The fraction of sp³-hybridized carbons (Fsp3) is 0.667. The number of hydrazine groups is 1. The Hall–Kier alpha value is -0.430. The third-order valence-electron chi connectivity index (χ3n) is 2.21. The summed E-state index contributed by atoms with van der Waals surface area (Å²) in [5.41, 5.74) is 3.91. The largest absolute Gasteiger partial charge is 0.307 e. The Bertz CT molecular complexity index is 309. The molecule has 0 aliphatic rings. The monoisotopic (exact) mass is 275 g/mol. The van der Waals surface area contributed by atoms with E-state index < -0.39 is 0 Å². The molecule has 1 rings (SSSR count). The van der Waals surface area contributed by atoms with Crippen molar-refractivity contribution in [3.8, 4) is 0 Å². The van der Waals surface area contributed by atoms with E-state index in [0.717, 1.165) is 23.3 Å². The molecule has 0 fully saturated rings. The Morgan fingerprint density at radius 1 is 1.67 bits per heavy atom. The van der Waals surface area contributed by atoms with Crippen LogP contribution in [0.25, 0.3) is 0 Å². The van der Waals surface area contributed by atoms with Gasteiger partial charge in [0.25, 0.3) is 0 Å². The molecule has 0 spiro atoms. The third kappa shape index (κ3) is 3.01. The van der Waals surface area contributed by atoms with Crippen molar-refractivity contribution in [1.82, 2.24) is 20.1 Å². The quantitative estimate of drug-likeness (QED) is 0.615. The van der Waals surface area contributed by atoms with E-state index in [0.29, 0.717) is 0 Å². The van der Waals surface area contributed by atoms with Gasteiger partial charge in [-0.15, -0.1) is 0 Å². The first-order valence-corrected chi connectivity index (χ1v) is 5.71. The number of likely N-dealkylation sites (N-methyl/N-ethyl adjacent to an activating group) is 1. The molecule has 0 saturated heterocycles. The zero-order chi connectivity index (χ0) is 11.4. The molecule has 0 radical (unpaired) electrons.